The number of nitrogens with zero attached hydrogens (tertiary/aromatic N) is 1. The molecule has 0 bridgehead atoms. The predicted octanol–water partition coefficient (Wildman–Crippen LogP) is 1.66. The Bertz CT molecular complexity index is 541. The van der Waals surface area contributed by atoms with Crippen molar-refractivity contribution in [2.75, 3.05) is 19.8 Å². The number of carbonyl (C=O) groups is 1. The number of aromatic nitrogens is 1. The summed E-state index contributed by atoms with van der Waals surface area (Å²) in [5.41, 5.74) is 1.39. The fourth-order valence-electron chi connectivity index (χ4n) is 2.22. The van der Waals surface area contributed by atoms with Crippen LogP contribution in [-0.2, 0) is 9.47 Å². The number of amides is 1. The van der Waals surface area contributed by atoms with Crippen LogP contribution in [0.3, 0.4) is 0 Å². The second-order valence-electron chi connectivity index (χ2n) is 5.49. The Balaban J connectivity index is 1.97. The molecule has 22 heavy (non-hydrogen) atoms. The van der Waals surface area contributed by atoms with E-state index in [4.69, 9.17) is 9.47 Å². The second-order valence-corrected chi connectivity index (χ2v) is 5.49. The van der Waals surface area contributed by atoms with E-state index in [0.717, 1.165) is 6.42 Å². The first-order valence-electron chi connectivity index (χ1n) is 7.34. The number of ether oxygens (including phenoxy) is 2. The van der Waals surface area contributed by atoms with E-state index in [1.807, 2.05) is 19.9 Å². The maximum atomic E-state index is 12.2. The summed E-state index contributed by atoms with van der Waals surface area (Å²) in [6.07, 6.45) is 5.34. The molecule has 6 heteroatoms. The molecular weight excluding hydrogens is 284 g/mol. The lowest BCUT2D eigenvalue weighted by Crippen LogP contribution is -2.50. The Labute approximate surface area is 130 Å². The van der Waals surface area contributed by atoms with E-state index in [0.29, 0.717) is 19.8 Å². The molecule has 2 unspecified atom stereocenters. The van der Waals surface area contributed by atoms with Gasteiger partial charge in [0.1, 0.15) is 5.75 Å². The van der Waals surface area contributed by atoms with Gasteiger partial charge < -0.3 is 19.9 Å². The van der Waals surface area contributed by atoms with Gasteiger partial charge >= 0.3 is 0 Å². The minimum absolute atomic E-state index is 0.0997. The summed E-state index contributed by atoms with van der Waals surface area (Å²) in [6, 6.07) is 1.24. The fourth-order valence-corrected chi connectivity index (χ4v) is 2.22. The van der Waals surface area contributed by atoms with Gasteiger partial charge in [0.05, 0.1) is 37.1 Å². The van der Waals surface area contributed by atoms with Crippen molar-refractivity contribution in [2.45, 2.75) is 32.4 Å². The second kappa shape index (κ2) is 7.91. The van der Waals surface area contributed by atoms with Crippen molar-refractivity contribution in [3.63, 3.8) is 0 Å². The normalized spacial score (nSPS) is 21.2. The van der Waals surface area contributed by atoms with Crippen LogP contribution in [0.5, 0.6) is 5.75 Å². The molecule has 2 heterocycles. The first kappa shape index (κ1) is 16.5. The highest BCUT2D eigenvalue weighted by Gasteiger charge is 2.28. The lowest BCUT2D eigenvalue weighted by atomic mass is 10.1. The minimum Gasteiger partial charge on any atom is -0.505 e. The molecule has 1 aliphatic rings. The fraction of sp³-hybridized carbons (Fsp3) is 0.500. The molecule has 1 aromatic heterocycles. The molecule has 120 valence electrons. The Morgan fingerprint density at radius 3 is 3.14 bits per heavy atom. The number of hydrogen-bond acceptors (Lipinski definition) is 5. The van der Waals surface area contributed by atoms with Crippen molar-refractivity contribution >= 4 is 5.91 Å². The van der Waals surface area contributed by atoms with Crippen LogP contribution >= 0.6 is 0 Å². The largest absolute Gasteiger partial charge is 0.505 e. The minimum atomic E-state index is -0.355. The van der Waals surface area contributed by atoms with Gasteiger partial charge in [-0.1, -0.05) is 11.6 Å². The van der Waals surface area contributed by atoms with Gasteiger partial charge in [0, 0.05) is 12.8 Å². The van der Waals surface area contributed by atoms with E-state index in [9.17, 15) is 9.90 Å². The van der Waals surface area contributed by atoms with Gasteiger partial charge in [0.2, 0.25) is 0 Å². The van der Waals surface area contributed by atoms with E-state index < -0.39 is 0 Å². The highest BCUT2D eigenvalue weighted by molar-refractivity contribution is 5.96. The third-order valence-corrected chi connectivity index (χ3v) is 3.46. The topological polar surface area (TPSA) is 80.7 Å². The van der Waals surface area contributed by atoms with Crippen LogP contribution in [0.2, 0.25) is 0 Å². The quantitative estimate of drug-likeness (QED) is 0.809. The SMILES string of the molecule is CC(C)=CCOC1CCOCC1NC(=O)c1ccncc1O. The number of carbonyl (C=O) groups excluding carboxylic acids is 1. The highest BCUT2D eigenvalue weighted by atomic mass is 16.5. The number of aromatic hydroxyl groups is 1. The zero-order valence-electron chi connectivity index (χ0n) is 12.9. The molecule has 2 N–H and O–H groups in total. The van der Waals surface area contributed by atoms with Crippen molar-refractivity contribution < 1.29 is 19.4 Å². The van der Waals surface area contributed by atoms with Crippen molar-refractivity contribution in [3.8, 4) is 5.75 Å². The Kier molecular flexibility index (Phi) is 5.91. The van der Waals surface area contributed by atoms with E-state index in [-0.39, 0.29) is 29.4 Å². The van der Waals surface area contributed by atoms with Crippen LogP contribution in [0.4, 0.5) is 0 Å². The number of pyridine rings is 1. The Morgan fingerprint density at radius 2 is 2.41 bits per heavy atom. The molecule has 2 atom stereocenters. The van der Waals surface area contributed by atoms with E-state index in [1.54, 1.807) is 0 Å². The molecular formula is C16H22N2O4. The molecule has 1 fully saturated rings. The van der Waals surface area contributed by atoms with Crippen LogP contribution in [0.1, 0.15) is 30.6 Å². The van der Waals surface area contributed by atoms with Gasteiger partial charge in [0.15, 0.2) is 0 Å². The van der Waals surface area contributed by atoms with Gasteiger partial charge in [-0.15, -0.1) is 0 Å². The summed E-state index contributed by atoms with van der Waals surface area (Å²) in [5.74, 6) is -0.495. The summed E-state index contributed by atoms with van der Waals surface area (Å²) < 4.78 is 11.2. The molecule has 0 saturated carbocycles. The summed E-state index contributed by atoms with van der Waals surface area (Å²) in [7, 11) is 0. The molecule has 1 saturated heterocycles. The molecule has 0 aromatic carbocycles. The molecule has 2 rings (SSSR count). The Morgan fingerprint density at radius 1 is 1.59 bits per heavy atom. The third kappa shape index (κ3) is 4.54. The average molecular weight is 306 g/mol. The van der Waals surface area contributed by atoms with Gasteiger partial charge in [-0.3, -0.25) is 9.78 Å². The number of rotatable bonds is 5. The van der Waals surface area contributed by atoms with E-state index >= 15 is 0 Å². The summed E-state index contributed by atoms with van der Waals surface area (Å²) in [5, 5.41) is 12.6. The standard InChI is InChI=1S/C16H22N2O4/c1-11(2)4-8-22-15-5-7-21-10-13(15)18-16(20)12-3-6-17-9-14(12)19/h3-4,6,9,13,15,19H,5,7-8,10H2,1-2H3,(H,18,20). The van der Waals surface area contributed by atoms with Gasteiger partial charge in [-0.25, -0.2) is 0 Å². The highest BCUT2D eigenvalue weighted by Crippen LogP contribution is 2.16. The van der Waals surface area contributed by atoms with Gasteiger partial charge in [-0.2, -0.15) is 0 Å². The van der Waals surface area contributed by atoms with Gasteiger partial charge in [0.25, 0.3) is 5.91 Å². The van der Waals surface area contributed by atoms with Crippen molar-refractivity contribution in [3.05, 3.63) is 35.7 Å². The predicted molar refractivity (Wildman–Crippen MR) is 81.8 cm³/mol. The summed E-state index contributed by atoms with van der Waals surface area (Å²) in [4.78, 5) is 16.0. The lowest BCUT2D eigenvalue weighted by molar-refractivity contribution is -0.0457. The van der Waals surface area contributed by atoms with Crippen LogP contribution in [0.15, 0.2) is 30.1 Å². The van der Waals surface area contributed by atoms with Crippen LogP contribution in [0, 0.1) is 0 Å². The maximum absolute atomic E-state index is 12.2. The van der Waals surface area contributed by atoms with Gasteiger partial charge in [-0.05, 0) is 26.3 Å². The molecule has 0 aliphatic carbocycles. The van der Waals surface area contributed by atoms with Crippen LogP contribution in [0.25, 0.3) is 0 Å². The van der Waals surface area contributed by atoms with Crippen LogP contribution in [-0.4, -0.2) is 48.0 Å². The molecule has 0 spiro atoms. The Hall–Kier alpha value is -1.92. The zero-order chi connectivity index (χ0) is 15.9. The molecule has 1 aliphatic heterocycles. The first-order chi connectivity index (χ1) is 10.6. The van der Waals surface area contributed by atoms with Crippen molar-refractivity contribution in [1.82, 2.24) is 10.3 Å². The first-order valence-corrected chi connectivity index (χ1v) is 7.34. The van der Waals surface area contributed by atoms with Crippen molar-refractivity contribution in [2.24, 2.45) is 0 Å². The maximum Gasteiger partial charge on any atom is 0.255 e. The summed E-state index contributed by atoms with van der Waals surface area (Å²) in [6.45, 7) is 5.56. The van der Waals surface area contributed by atoms with Crippen molar-refractivity contribution in [1.29, 1.82) is 0 Å². The van der Waals surface area contributed by atoms with Crippen LogP contribution < -0.4 is 5.32 Å². The number of nitrogens with one attached hydrogen (secondary N) is 1. The monoisotopic (exact) mass is 306 g/mol. The average Bonchev–Trinajstić information content (AvgIpc) is 2.49. The lowest BCUT2D eigenvalue weighted by Gasteiger charge is -2.31. The van der Waals surface area contributed by atoms with E-state index in [2.05, 4.69) is 10.3 Å². The molecule has 1 amide bonds. The molecule has 1 aromatic rings. The molecule has 0 radical (unpaired) electrons. The zero-order valence-corrected chi connectivity index (χ0v) is 12.9. The number of hydrogen-bond donors (Lipinski definition) is 2. The smallest absolute Gasteiger partial charge is 0.255 e. The molecule has 6 nitrogen and oxygen atoms in total. The van der Waals surface area contributed by atoms with E-state index in [1.165, 1.54) is 24.0 Å². The summed E-state index contributed by atoms with van der Waals surface area (Å²) >= 11 is 0. The third-order valence-electron chi connectivity index (χ3n) is 3.46. The number of allylic oxidation sites excluding steroid dienone is 1.